The van der Waals surface area contributed by atoms with E-state index in [4.69, 9.17) is 0 Å². The molecule has 10 nitrogen and oxygen atoms in total. The Morgan fingerprint density at radius 3 is 2.52 bits per heavy atom. The molecule has 3 rings (SSSR count). The number of aromatic nitrogens is 2. The number of aryl methyl sites for hydroxylation is 1. The van der Waals surface area contributed by atoms with Gasteiger partial charge >= 0.3 is 0 Å². The van der Waals surface area contributed by atoms with Crippen molar-refractivity contribution in [1.29, 1.82) is 0 Å². The SMILES string of the molecule is Cc1ccc(S(=O)(=O)NCCc2nnc(NC(=O)c3cccc([N+](=O)[O-])c3C)s2)cc1. The summed E-state index contributed by atoms with van der Waals surface area (Å²) in [5, 5.41) is 22.2. The highest BCUT2D eigenvalue weighted by atomic mass is 32.2. The predicted molar refractivity (Wildman–Crippen MR) is 116 cm³/mol. The Morgan fingerprint density at radius 1 is 1.13 bits per heavy atom. The number of anilines is 1. The number of nitrogens with one attached hydrogen (secondary N) is 2. The maximum absolute atomic E-state index is 12.5. The second-order valence-electron chi connectivity index (χ2n) is 6.62. The molecule has 2 aromatic carbocycles. The molecule has 0 saturated carbocycles. The molecule has 1 heterocycles. The number of nitrogens with zero attached hydrogens (tertiary/aromatic N) is 3. The fourth-order valence-electron chi connectivity index (χ4n) is 2.73. The molecule has 0 aliphatic rings. The first-order chi connectivity index (χ1) is 14.7. The monoisotopic (exact) mass is 461 g/mol. The van der Waals surface area contributed by atoms with Gasteiger partial charge in [-0.2, -0.15) is 0 Å². The molecule has 0 atom stereocenters. The molecule has 0 aliphatic carbocycles. The van der Waals surface area contributed by atoms with Crippen molar-refractivity contribution in [3.05, 3.63) is 74.3 Å². The fourth-order valence-corrected chi connectivity index (χ4v) is 4.50. The normalized spacial score (nSPS) is 11.3. The van der Waals surface area contributed by atoms with Gasteiger partial charge in [-0.05, 0) is 32.0 Å². The summed E-state index contributed by atoms with van der Waals surface area (Å²) in [6.07, 6.45) is 0.286. The van der Waals surface area contributed by atoms with E-state index in [9.17, 15) is 23.3 Å². The topological polar surface area (TPSA) is 144 Å². The lowest BCUT2D eigenvalue weighted by Gasteiger charge is -2.06. The number of benzene rings is 2. The molecular formula is C19H19N5O5S2. The molecule has 162 valence electrons. The molecule has 2 N–H and O–H groups in total. The third-order valence-electron chi connectivity index (χ3n) is 4.40. The van der Waals surface area contributed by atoms with Crippen molar-refractivity contribution in [1.82, 2.24) is 14.9 Å². The molecule has 0 fully saturated rings. The summed E-state index contributed by atoms with van der Waals surface area (Å²) in [7, 11) is -3.63. The Kier molecular flexibility index (Phi) is 6.73. The molecule has 1 amide bonds. The highest BCUT2D eigenvalue weighted by Gasteiger charge is 2.19. The Hall–Kier alpha value is -3.22. The maximum Gasteiger partial charge on any atom is 0.273 e. The van der Waals surface area contributed by atoms with Gasteiger partial charge in [0.1, 0.15) is 5.01 Å². The minimum absolute atomic E-state index is 0.114. The average Bonchev–Trinajstić information content (AvgIpc) is 3.15. The van der Waals surface area contributed by atoms with Crippen LogP contribution in [0.15, 0.2) is 47.4 Å². The number of carbonyl (C=O) groups excluding carboxylic acids is 1. The summed E-state index contributed by atoms with van der Waals surface area (Å²) < 4.78 is 27.1. The Bertz CT molecular complexity index is 1220. The van der Waals surface area contributed by atoms with Crippen LogP contribution in [0.25, 0.3) is 0 Å². The van der Waals surface area contributed by atoms with Crippen molar-refractivity contribution in [2.45, 2.75) is 25.2 Å². The van der Waals surface area contributed by atoms with Gasteiger partial charge in [-0.1, -0.05) is 35.1 Å². The minimum atomic E-state index is -3.63. The van der Waals surface area contributed by atoms with Gasteiger partial charge in [0.05, 0.1) is 9.82 Å². The summed E-state index contributed by atoms with van der Waals surface area (Å²) in [5.41, 5.74) is 1.23. The molecule has 0 bridgehead atoms. The quantitative estimate of drug-likeness (QED) is 0.388. The minimum Gasteiger partial charge on any atom is -0.296 e. The molecule has 0 radical (unpaired) electrons. The average molecular weight is 462 g/mol. The Labute approximate surface area is 182 Å². The van der Waals surface area contributed by atoms with Crippen LogP contribution >= 0.6 is 11.3 Å². The van der Waals surface area contributed by atoms with E-state index in [1.165, 1.54) is 37.3 Å². The van der Waals surface area contributed by atoms with Crippen molar-refractivity contribution >= 4 is 38.1 Å². The Morgan fingerprint density at radius 2 is 1.84 bits per heavy atom. The number of hydrogen-bond donors (Lipinski definition) is 2. The standard InChI is InChI=1S/C19H19N5O5S2/c1-12-6-8-14(9-7-12)31(28,29)20-11-10-17-22-23-19(30-17)21-18(25)15-4-3-5-16(13(15)2)24(26)27/h3-9,20H,10-11H2,1-2H3,(H,21,23,25). The predicted octanol–water partition coefficient (Wildman–Crippen LogP) is 2.84. The van der Waals surface area contributed by atoms with Gasteiger partial charge in [-0.15, -0.1) is 10.2 Å². The zero-order valence-corrected chi connectivity index (χ0v) is 18.3. The second-order valence-corrected chi connectivity index (χ2v) is 9.45. The van der Waals surface area contributed by atoms with Gasteiger partial charge in [-0.3, -0.25) is 20.2 Å². The second kappa shape index (κ2) is 9.29. The van der Waals surface area contributed by atoms with E-state index >= 15 is 0 Å². The van der Waals surface area contributed by atoms with E-state index in [1.54, 1.807) is 12.1 Å². The lowest BCUT2D eigenvalue weighted by molar-refractivity contribution is -0.385. The summed E-state index contributed by atoms with van der Waals surface area (Å²) in [6.45, 7) is 3.48. The number of carbonyl (C=O) groups is 1. The van der Waals surface area contributed by atoms with Gasteiger partial charge in [0, 0.05) is 30.2 Å². The van der Waals surface area contributed by atoms with Crippen LogP contribution in [0.1, 0.15) is 26.5 Å². The van der Waals surface area contributed by atoms with Crippen molar-refractivity contribution in [3.8, 4) is 0 Å². The zero-order chi connectivity index (χ0) is 22.6. The van der Waals surface area contributed by atoms with E-state index in [-0.39, 0.29) is 39.8 Å². The molecule has 0 aliphatic heterocycles. The van der Waals surface area contributed by atoms with Crippen LogP contribution in [-0.2, 0) is 16.4 Å². The molecule has 0 unspecified atom stereocenters. The largest absolute Gasteiger partial charge is 0.296 e. The van der Waals surface area contributed by atoms with Gasteiger partial charge < -0.3 is 0 Å². The summed E-state index contributed by atoms with van der Waals surface area (Å²) in [4.78, 5) is 23.1. The van der Waals surface area contributed by atoms with Crippen molar-refractivity contribution in [2.75, 3.05) is 11.9 Å². The number of sulfonamides is 1. The van der Waals surface area contributed by atoms with Crippen LogP contribution in [0.5, 0.6) is 0 Å². The molecular weight excluding hydrogens is 442 g/mol. The van der Waals surface area contributed by atoms with Crippen LogP contribution in [0.4, 0.5) is 10.8 Å². The molecule has 12 heteroatoms. The van der Waals surface area contributed by atoms with Crippen molar-refractivity contribution in [3.63, 3.8) is 0 Å². The molecule has 31 heavy (non-hydrogen) atoms. The number of hydrogen-bond acceptors (Lipinski definition) is 8. The van der Waals surface area contributed by atoms with Crippen LogP contribution in [0.3, 0.4) is 0 Å². The lowest BCUT2D eigenvalue weighted by atomic mass is 10.1. The van der Waals surface area contributed by atoms with Crippen LogP contribution < -0.4 is 10.0 Å². The lowest BCUT2D eigenvalue weighted by Crippen LogP contribution is -2.25. The highest BCUT2D eigenvalue weighted by molar-refractivity contribution is 7.89. The summed E-state index contributed by atoms with van der Waals surface area (Å²) in [5.74, 6) is -0.538. The summed E-state index contributed by atoms with van der Waals surface area (Å²) in [6, 6.07) is 10.8. The smallest absolute Gasteiger partial charge is 0.273 e. The Balaban J connectivity index is 1.59. The number of nitro benzene ring substituents is 1. The molecule has 0 spiro atoms. The molecule has 1 aromatic heterocycles. The van der Waals surface area contributed by atoms with Crippen LogP contribution in [0, 0.1) is 24.0 Å². The van der Waals surface area contributed by atoms with Gasteiger partial charge in [0.2, 0.25) is 15.2 Å². The first-order valence-corrected chi connectivity index (χ1v) is 11.4. The van der Waals surface area contributed by atoms with Crippen LogP contribution in [-0.4, -0.2) is 36.0 Å². The van der Waals surface area contributed by atoms with Gasteiger partial charge in [0.15, 0.2) is 0 Å². The molecule has 0 saturated heterocycles. The van der Waals surface area contributed by atoms with Gasteiger partial charge in [0.25, 0.3) is 11.6 Å². The zero-order valence-electron chi connectivity index (χ0n) is 16.7. The third-order valence-corrected chi connectivity index (χ3v) is 6.77. The van der Waals surface area contributed by atoms with E-state index in [0.29, 0.717) is 5.01 Å². The van der Waals surface area contributed by atoms with E-state index in [1.807, 2.05) is 6.92 Å². The first kappa shape index (κ1) is 22.5. The summed E-state index contributed by atoms with van der Waals surface area (Å²) >= 11 is 1.10. The van der Waals surface area contributed by atoms with Crippen molar-refractivity contribution < 1.29 is 18.1 Å². The maximum atomic E-state index is 12.5. The van der Waals surface area contributed by atoms with Crippen LogP contribution in [0.2, 0.25) is 0 Å². The van der Waals surface area contributed by atoms with E-state index < -0.39 is 20.9 Å². The number of nitro groups is 1. The number of amides is 1. The van der Waals surface area contributed by atoms with Crippen molar-refractivity contribution in [2.24, 2.45) is 0 Å². The first-order valence-electron chi connectivity index (χ1n) is 9.11. The van der Waals surface area contributed by atoms with Gasteiger partial charge in [-0.25, -0.2) is 13.1 Å². The third kappa shape index (κ3) is 5.48. The molecule has 3 aromatic rings. The van der Waals surface area contributed by atoms with E-state index in [0.717, 1.165) is 16.9 Å². The van der Waals surface area contributed by atoms with E-state index in [2.05, 4.69) is 20.2 Å². The fraction of sp³-hybridized carbons (Fsp3) is 0.211. The highest BCUT2D eigenvalue weighted by Crippen LogP contribution is 2.23. The number of rotatable bonds is 8.